The molecule has 0 aromatic rings. The highest BCUT2D eigenvalue weighted by Gasteiger charge is 2.14. The highest BCUT2D eigenvalue weighted by molar-refractivity contribution is 5.41. The van der Waals surface area contributed by atoms with Gasteiger partial charge in [-0.1, -0.05) is 6.08 Å². The van der Waals surface area contributed by atoms with Crippen molar-refractivity contribution < 1.29 is 0 Å². The average molecular weight is 163 g/mol. The summed E-state index contributed by atoms with van der Waals surface area (Å²) >= 11 is 0. The van der Waals surface area contributed by atoms with Gasteiger partial charge in [0.15, 0.2) is 0 Å². The first-order valence-electron chi connectivity index (χ1n) is 4.10. The molecule has 0 atom stereocenters. The highest BCUT2D eigenvalue weighted by atomic mass is 15.5. The second-order valence-electron chi connectivity index (χ2n) is 3.10. The summed E-state index contributed by atoms with van der Waals surface area (Å²) in [4.78, 5) is 0. The van der Waals surface area contributed by atoms with Gasteiger partial charge in [-0.25, -0.2) is 0 Å². The van der Waals surface area contributed by atoms with Gasteiger partial charge < -0.3 is 5.32 Å². The molecular formula is C9H13N3. The van der Waals surface area contributed by atoms with E-state index in [0.29, 0.717) is 0 Å². The van der Waals surface area contributed by atoms with Gasteiger partial charge in [0.25, 0.3) is 0 Å². The van der Waals surface area contributed by atoms with E-state index >= 15 is 0 Å². The van der Waals surface area contributed by atoms with Gasteiger partial charge in [0.1, 0.15) is 0 Å². The van der Waals surface area contributed by atoms with E-state index < -0.39 is 0 Å². The van der Waals surface area contributed by atoms with Crippen molar-refractivity contribution in [2.75, 3.05) is 13.6 Å². The van der Waals surface area contributed by atoms with E-state index in [1.165, 1.54) is 17.0 Å². The fourth-order valence-corrected chi connectivity index (χ4v) is 1.41. The van der Waals surface area contributed by atoms with Crippen LogP contribution in [0.4, 0.5) is 0 Å². The predicted octanol–water partition coefficient (Wildman–Crippen LogP) is 0.711. The molecule has 2 heterocycles. The number of hydrogen-bond donors (Lipinski definition) is 2. The lowest BCUT2D eigenvalue weighted by molar-refractivity contribution is 0.361. The maximum atomic E-state index is 3.30. The van der Waals surface area contributed by atoms with Gasteiger partial charge in [-0.2, -0.15) is 0 Å². The lowest BCUT2D eigenvalue weighted by atomic mass is 10.1. The molecule has 0 bridgehead atoms. The van der Waals surface area contributed by atoms with Crippen molar-refractivity contribution in [3.63, 3.8) is 0 Å². The van der Waals surface area contributed by atoms with E-state index in [-0.39, 0.29) is 0 Å². The summed E-state index contributed by atoms with van der Waals surface area (Å²) in [5.41, 5.74) is 6.94. The normalized spacial score (nSPS) is 21.2. The zero-order valence-corrected chi connectivity index (χ0v) is 7.39. The van der Waals surface area contributed by atoms with E-state index in [9.17, 15) is 0 Å². The van der Waals surface area contributed by atoms with Gasteiger partial charge >= 0.3 is 0 Å². The molecule has 2 aliphatic rings. The van der Waals surface area contributed by atoms with Crippen molar-refractivity contribution in [2.45, 2.75) is 6.92 Å². The largest absolute Gasteiger partial charge is 0.380 e. The summed E-state index contributed by atoms with van der Waals surface area (Å²) < 4.78 is 0. The molecule has 0 aliphatic carbocycles. The number of allylic oxidation sites excluding steroid dienone is 2. The molecular weight excluding hydrogens is 150 g/mol. The number of rotatable bonds is 0. The first-order chi connectivity index (χ1) is 5.77. The standard InChI is InChI=1S/C9H13N3/c1-7-3-5-10-8-4-6-12(2)11-9(7)8/h3-4,6,10-11H,5H2,1-2H3. The van der Waals surface area contributed by atoms with Crippen LogP contribution in [0.15, 0.2) is 35.3 Å². The third-order valence-corrected chi connectivity index (χ3v) is 2.12. The summed E-state index contributed by atoms with van der Waals surface area (Å²) in [6, 6.07) is 0. The number of hydrogen-bond acceptors (Lipinski definition) is 3. The Hall–Kier alpha value is -1.38. The van der Waals surface area contributed by atoms with E-state index in [1.807, 2.05) is 18.3 Å². The molecule has 0 fully saturated rings. The molecule has 64 valence electrons. The van der Waals surface area contributed by atoms with Gasteiger partial charge in [0.05, 0.1) is 11.4 Å². The molecule has 2 N–H and O–H groups in total. The summed E-state index contributed by atoms with van der Waals surface area (Å²) in [6.45, 7) is 3.05. The Balaban J connectivity index is 2.34. The van der Waals surface area contributed by atoms with E-state index in [2.05, 4.69) is 29.8 Å². The van der Waals surface area contributed by atoms with Crippen molar-refractivity contribution in [2.24, 2.45) is 0 Å². The van der Waals surface area contributed by atoms with Gasteiger partial charge in [-0.3, -0.25) is 10.4 Å². The third-order valence-electron chi connectivity index (χ3n) is 2.12. The van der Waals surface area contributed by atoms with Crippen LogP contribution in [0.3, 0.4) is 0 Å². The van der Waals surface area contributed by atoms with Crippen LogP contribution in [-0.2, 0) is 0 Å². The van der Waals surface area contributed by atoms with Crippen LogP contribution in [0.5, 0.6) is 0 Å². The Bertz CT molecular complexity index is 286. The molecule has 3 heteroatoms. The SMILES string of the molecule is CC1=CCNC2=C1NN(C)C=C2. The lowest BCUT2D eigenvalue weighted by Crippen LogP contribution is -2.37. The molecule has 0 aromatic heterocycles. The minimum Gasteiger partial charge on any atom is -0.380 e. The smallest absolute Gasteiger partial charge is 0.0800 e. The van der Waals surface area contributed by atoms with Crippen LogP contribution >= 0.6 is 0 Å². The first-order valence-corrected chi connectivity index (χ1v) is 4.10. The van der Waals surface area contributed by atoms with Gasteiger partial charge in [-0.15, -0.1) is 0 Å². The van der Waals surface area contributed by atoms with Crippen LogP contribution < -0.4 is 10.7 Å². The Morgan fingerprint density at radius 2 is 2.33 bits per heavy atom. The lowest BCUT2D eigenvalue weighted by Gasteiger charge is -2.29. The third kappa shape index (κ3) is 1.07. The molecule has 0 spiro atoms. The Labute approximate surface area is 72.4 Å². The second-order valence-corrected chi connectivity index (χ2v) is 3.10. The maximum Gasteiger partial charge on any atom is 0.0800 e. The number of nitrogens with one attached hydrogen (secondary N) is 2. The van der Waals surface area contributed by atoms with Gasteiger partial charge in [0.2, 0.25) is 0 Å². The Morgan fingerprint density at radius 3 is 3.17 bits per heavy atom. The van der Waals surface area contributed by atoms with Crippen molar-refractivity contribution in [3.05, 3.63) is 35.3 Å². The maximum absolute atomic E-state index is 3.30. The van der Waals surface area contributed by atoms with Crippen LogP contribution in [-0.4, -0.2) is 18.6 Å². The zero-order chi connectivity index (χ0) is 8.55. The molecule has 12 heavy (non-hydrogen) atoms. The highest BCUT2D eigenvalue weighted by Crippen LogP contribution is 2.17. The number of dihydropyridines is 1. The Morgan fingerprint density at radius 1 is 1.50 bits per heavy atom. The van der Waals surface area contributed by atoms with Crippen molar-refractivity contribution in [1.29, 1.82) is 0 Å². The van der Waals surface area contributed by atoms with Crippen LogP contribution in [0.2, 0.25) is 0 Å². The molecule has 0 unspecified atom stereocenters. The molecule has 3 nitrogen and oxygen atoms in total. The molecule has 2 rings (SSSR count). The zero-order valence-electron chi connectivity index (χ0n) is 7.39. The van der Waals surface area contributed by atoms with Crippen LogP contribution in [0, 0.1) is 0 Å². The predicted molar refractivity (Wildman–Crippen MR) is 48.8 cm³/mol. The van der Waals surface area contributed by atoms with E-state index in [1.54, 1.807) is 0 Å². The first kappa shape index (κ1) is 7.28. The fraction of sp³-hybridized carbons (Fsp3) is 0.333. The van der Waals surface area contributed by atoms with Crippen LogP contribution in [0.25, 0.3) is 0 Å². The quantitative estimate of drug-likeness (QED) is 0.551. The second kappa shape index (κ2) is 2.59. The summed E-state index contributed by atoms with van der Waals surface area (Å²) in [7, 11) is 1.99. The fourth-order valence-electron chi connectivity index (χ4n) is 1.41. The van der Waals surface area contributed by atoms with Crippen molar-refractivity contribution in [1.82, 2.24) is 15.8 Å². The monoisotopic (exact) mass is 163 g/mol. The van der Waals surface area contributed by atoms with Gasteiger partial charge in [0, 0.05) is 19.8 Å². The topological polar surface area (TPSA) is 27.3 Å². The minimum absolute atomic E-state index is 0.931. The molecule has 0 amide bonds. The van der Waals surface area contributed by atoms with Crippen LogP contribution in [0.1, 0.15) is 6.92 Å². The molecule has 0 saturated carbocycles. The number of nitrogens with zero attached hydrogens (tertiary/aromatic N) is 1. The van der Waals surface area contributed by atoms with Gasteiger partial charge in [-0.05, 0) is 18.6 Å². The van der Waals surface area contributed by atoms with E-state index in [4.69, 9.17) is 0 Å². The summed E-state index contributed by atoms with van der Waals surface area (Å²) in [5.74, 6) is 0. The minimum atomic E-state index is 0.931. The Kier molecular flexibility index (Phi) is 1.57. The molecule has 2 aliphatic heterocycles. The summed E-state index contributed by atoms with van der Waals surface area (Å²) in [5, 5.41) is 5.25. The molecule has 0 radical (unpaired) electrons. The van der Waals surface area contributed by atoms with Crippen molar-refractivity contribution >= 4 is 0 Å². The van der Waals surface area contributed by atoms with E-state index in [0.717, 1.165) is 6.54 Å². The number of hydrazine groups is 1. The summed E-state index contributed by atoms with van der Waals surface area (Å²) in [6.07, 6.45) is 6.27. The average Bonchev–Trinajstić information content (AvgIpc) is 2.07. The van der Waals surface area contributed by atoms with Crippen molar-refractivity contribution in [3.8, 4) is 0 Å². The molecule has 0 saturated heterocycles. The molecule has 0 aromatic carbocycles.